The van der Waals surface area contributed by atoms with Crippen molar-refractivity contribution in [2.45, 2.75) is 12.8 Å². The molecule has 0 radical (unpaired) electrons. The molecule has 0 aliphatic rings. The number of methoxy groups -OCH3 is 1. The second-order valence-corrected chi connectivity index (χ2v) is 3.84. The molecule has 0 atom stereocenters. The van der Waals surface area contributed by atoms with E-state index in [4.69, 9.17) is 9.84 Å². The third-order valence-electron chi connectivity index (χ3n) is 2.36. The van der Waals surface area contributed by atoms with E-state index in [9.17, 15) is 9.90 Å². The number of aliphatic imine (C=N–C) groups is 1. The van der Waals surface area contributed by atoms with Gasteiger partial charge in [0.1, 0.15) is 0 Å². The Labute approximate surface area is 111 Å². The van der Waals surface area contributed by atoms with Crippen molar-refractivity contribution in [1.29, 1.82) is 0 Å². The Balaban J connectivity index is 2.44. The van der Waals surface area contributed by atoms with Crippen LogP contribution in [0.15, 0.2) is 29.3 Å². The molecule has 0 aliphatic carbocycles. The summed E-state index contributed by atoms with van der Waals surface area (Å²) >= 11 is 0. The molecule has 0 amide bonds. The standard InChI is InChI=1S/C14H17NO4/c1-19-13-10-11(6-7-12(13)16)4-2-8-15-9-3-5-14(17)18/h2,4,6-8,10,16H,3,5,9H2,1H3,(H,17,18)/b4-2+,15-8?. The van der Waals surface area contributed by atoms with Crippen LogP contribution in [0.2, 0.25) is 0 Å². The number of carboxylic acid groups (broad SMARTS) is 1. The lowest BCUT2D eigenvalue weighted by Crippen LogP contribution is -1.95. The summed E-state index contributed by atoms with van der Waals surface area (Å²) in [6, 6.07) is 5.03. The van der Waals surface area contributed by atoms with Gasteiger partial charge in [-0.25, -0.2) is 0 Å². The van der Waals surface area contributed by atoms with Gasteiger partial charge in [-0.15, -0.1) is 0 Å². The van der Waals surface area contributed by atoms with Crippen LogP contribution in [0.25, 0.3) is 6.08 Å². The first-order valence-electron chi connectivity index (χ1n) is 5.89. The van der Waals surface area contributed by atoms with E-state index in [2.05, 4.69) is 4.99 Å². The number of hydrogen-bond acceptors (Lipinski definition) is 4. The first-order chi connectivity index (χ1) is 9.13. The molecule has 0 unspecified atom stereocenters. The molecule has 5 nitrogen and oxygen atoms in total. The highest BCUT2D eigenvalue weighted by Gasteiger charge is 1.99. The third-order valence-corrected chi connectivity index (χ3v) is 2.36. The predicted octanol–water partition coefficient (Wildman–Crippen LogP) is 2.35. The molecule has 0 spiro atoms. The molecule has 0 bridgehead atoms. The largest absolute Gasteiger partial charge is 0.504 e. The van der Waals surface area contributed by atoms with Gasteiger partial charge in [0.25, 0.3) is 0 Å². The molecule has 19 heavy (non-hydrogen) atoms. The Kier molecular flexibility index (Phi) is 6.15. The number of hydrogen-bond donors (Lipinski definition) is 2. The van der Waals surface area contributed by atoms with Crippen LogP contribution in [0, 0.1) is 0 Å². The summed E-state index contributed by atoms with van der Waals surface area (Å²) in [4.78, 5) is 14.3. The first kappa shape index (κ1) is 14.8. The van der Waals surface area contributed by atoms with Crippen LogP contribution in [0.4, 0.5) is 0 Å². The molecule has 102 valence electrons. The summed E-state index contributed by atoms with van der Waals surface area (Å²) in [5.74, 6) is -0.288. The summed E-state index contributed by atoms with van der Waals surface area (Å²) in [6.07, 6.45) is 5.87. The fourth-order valence-electron chi connectivity index (χ4n) is 1.41. The number of carboxylic acids is 1. The van der Waals surface area contributed by atoms with Crippen LogP contribution >= 0.6 is 0 Å². The summed E-state index contributed by atoms with van der Waals surface area (Å²) in [5.41, 5.74) is 0.881. The van der Waals surface area contributed by atoms with E-state index in [-0.39, 0.29) is 12.2 Å². The van der Waals surface area contributed by atoms with Crippen LogP contribution in [0.5, 0.6) is 11.5 Å². The third kappa shape index (κ3) is 5.72. The molecule has 0 saturated heterocycles. The van der Waals surface area contributed by atoms with Gasteiger partial charge in [0, 0.05) is 19.2 Å². The van der Waals surface area contributed by atoms with Crippen molar-refractivity contribution in [3.05, 3.63) is 29.8 Å². The lowest BCUT2D eigenvalue weighted by atomic mass is 10.2. The van der Waals surface area contributed by atoms with Crippen molar-refractivity contribution in [2.24, 2.45) is 4.99 Å². The predicted molar refractivity (Wildman–Crippen MR) is 73.9 cm³/mol. The fourth-order valence-corrected chi connectivity index (χ4v) is 1.41. The molecule has 0 saturated carbocycles. The fraction of sp³-hybridized carbons (Fsp3) is 0.286. The lowest BCUT2D eigenvalue weighted by molar-refractivity contribution is -0.137. The van der Waals surface area contributed by atoms with Crippen LogP contribution in [-0.2, 0) is 4.79 Å². The normalized spacial score (nSPS) is 11.2. The van der Waals surface area contributed by atoms with Crippen molar-refractivity contribution >= 4 is 18.3 Å². The topological polar surface area (TPSA) is 79.1 Å². The molecular formula is C14H17NO4. The van der Waals surface area contributed by atoms with Gasteiger partial charge in [-0.05, 0) is 30.2 Å². The van der Waals surface area contributed by atoms with Crippen molar-refractivity contribution in [3.63, 3.8) is 0 Å². The first-order valence-corrected chi connectivity index (χ1v) is 5.89. The summed E-state index contributed by atoms with van der Waals surface area (Å²) in [7, 11) is 1.49. The van der Waals surface area contributed by atoms with Crippen LogP contribution in [0.1, 0.15) is 18.4 Å². The maximum Gasteiger partial charge on any atom is 0.303 e. The number of phenolic OH excluding ortho intramolecular Hbond substituents is 1. The second kappa shape index (κ2) is 7.92. The van der Waals surface area contributed by atoms with Crippen molar-refractivity contribution in [2.75, 3.05) is 13.7 Å². The second-order valence-electron chi connectivity index (χ2n) is 3.84. The zero-order valence-corrected chi connectivity index (χ0v) is 10.7. The Morgan fingerprint density at radius 2 is 2.26 bits per heavy atom. The minimum atomic E-state index is -0.804. The molecule has 1 rings (SSSR count). The highest BCUT2D eigenvalue weighted by Crippen LogP contribution is 2.26. The van der Waals surface area contributed by atoms with Gasteiger partial charge < -0.3 is 14.9 Å². The Hall–Kier alpha value is -2.30. The van der Waals surface area contributed by atoms with Crippen molar-refractivity contribution < 1.29 is 19.7 Å². The van der Waals surface area contributed by atoms with Gasteiger partial charge in [0.05, 0.1) is 7.11 Å². The van der Waals surface area contributed by atoms with E-state index in [1.807, 2.05) is 6.08 Å². The Morgan fingerprint density at radius 1 is 1.47 bits per heavy atom. The van der Waals surface area contributed by atoms with Crippen molar-refractivity contribution in [3.8, 4) is 11.5 Å². The van der Waals surface area contributed by atoms with Gasteiger partial charge in [-0.3, -0.25) is 9.79 Å². The van der Waals surface area contributed by atoms with Gasteiger partial charge in [-0.2, -0.15) is 0 Å². The molecule has 1 aromatic carbocycles. The number of ether oxygens (including phenoxy) is 1. The van der Waals surface area contributed by atoms with Gasteiger partial charge in [0.2, 0.25) is 0 Å². The highest BCUT2D eigenvalue weighted by atomic mass is 16.5. The minimum absolute atomic E-state index is 0.0991. The summed E-state index contributed by atoms with van der Waals surface area (Å²) in [6.45, 7) is 0.496. The molecule has 0 aliphatic heterocycles. The average Bonchev–Trinajstić information content (AvgIpc) is 2.39. The Morgan fingerprint density at radius 3 is 2.95 bits per heavy atom. The quantitative estimate of drug-likeness (QED) is 0.584. The summed E-state index contributed by atoms with van der Waals surface area (Å²) in [5, 5.41) is 17.9. The van der Waals surface area contributed by atoms with Crippen LogP contribution in [0.3, 0.4) is 0 Å². The highest BCUT2D eigenvalue weighted by molar-refractivity contribution is 5.78. The molecule has 5 heteroatoms. The smallest absolute Gasteiger partial charge is 0.303 e. The number of rotatable bonds is 7. The molecule has 1 aromatic rings. The molecular weight excluding hydrogens is 246 g/mol. The Bertz CT molecular complexity index is 480. The summed E-state index contributed by atoms with van der Waals surface area (Å²) < 4.78 is 4.99. The molecule has 0 aromatic heterocycles. The maximum absolute atomic E-state index is 10.3. The molecule has 2 N–H and O–H groups in total. The van der Waals surface area contributed by atoms with Crippen molar-refractivity contribution in [1.82, 2.24) is 0 Å². The van der Waals surface area contributed by atoms with E-state index >= 15 is 0 Å². The van der Waals surface area contributed by atoms with Crippen LogP contribution in [-0.4, -0.2) is 36.1 Å². The van der Waals surface area contributed by atoms with Crippen LogP contribution < -0.4 is 4.74 Å². The number of allylic oxidation sites excluding steroid dienone is 1. The number of phenols is 1. The maximum atomic E-state index is 10.3. The van der Waals surface area contributed by atoms with Gasteiger partial charge >= 0.3 is 5.97 Å². The number of benzene rings is 1. The van der Waals surface area contributed by atoms with E-state index < -0.39 is 5.97 Å². The van der Waals surface area contributed by atoms with Gasteiger partial charge in [-0.1, -0.05) is 12.1 Å². The average molecular weight is 263 g/mol. The number of nitrogens with zero attached hydrogens (tertiary/aromatic N) is 1. The van der Waals surface area contributed by atoms with E-state index in [0.717, 1.165) is 5.56 Å². The zero-order valence-electron chi connectivity index (χ0n) is 10.7. The van der Waals surface area contributed by atoms with E-state index in [0.29, 0.717) is 18.7 Å². The molecule has 0 heterocycles. The monoisotopic (exact) mass is 263 g/mol. The zero-order chi connectivity index (χ0) is 14.1. The SMILES string of the molecule is COc1cc(/C=C/C=NCCCC(=O)O)ccc1O. The van der Waals surface area contributed by atoms with E-state index in [1.54, 1.807) is 30.5 Å². The number of aromatic hydroxyl groups is 1. The molecule has 0 fully saturated rings. The number of aliphatic carboxylic acids is 1. The number of carbonyl (C=O) groups is 1. The van der Waals surface area contributed by atoms with E-state index in [1.165, 1.54) is 7.11 Å². The lowest BCUT2D eigenvalue weighted by Gasteiger charge is -2.03. The minimum Gasteiger partial charge on any atom is -0.504 e. The van der Waals surface area contributed by atoms with Gasteiger partial charge in [0.15, 0.2) is 11.5 Å².